The molecule has 0 N–H and O–H groups in total. The SMILES string of the molecule is CC1CCC(N2CCC(S(C)(=O)=O)C2)CC1. The highest BCUT2D eigenvalue weighted by Gasteiger charge is 2.34. The van der Waals surface area contributed by atoms with E-state index in [9.17, 15) is 8.42 Å². The third-order valence-corrected chi connectivity index (χ3v) is 5.88. The molecule has 0 spiro atoms. The van der Waals surface area contributed by atoms with Gasteiger partial charge in [0.15, 0.2) is 9.84 Å². The molecule has 0 aromatic heterocycles. The van der Waals surface area contributed by atoms with Crippen LogP contribution in [0.5, 0.6) is 0 Å². The first-order valence-corrected chi connectivity index (χ1v) is 8.35. The fourth-order valence-corrected chi connectivity index (χ4v) is 4.04. The maximum atomic E-state index is 11.5. The van der Waals surface area contributed by atoms with Crippen LogP contribution in [0.4, 0.5) is 0 Å². The molecule has 0 bridgehead atoms. The molecule has 1 aliphatic heterocycles. The van der Waals surface area contributed by atoms with E-state index in [1.54, 1.807) is 0 Å². The molecule has 4 heteroatoms. The van der Waals surface area contributed by atoms with Gasteiger partial charge in [-0.3, -0.25) is 4.90 Å². The van der Waals surface area contributed by atoms with E-state index in [0.29, 0.717) is 6.04 Å². The number of rotatable bonds is 2. The van der Waals surface area contributed by atoms with E-state index < -0.39 is 9.84 Å². The number of hydrogen-bond acceptors (Lipinski definition) is 3. The molecular weight excluding hydrogens is 222 g/mol. The average Bonchev–Trinajstić information content (AvgIpc) is 2.67. The van der Waals surface area contributed by atoms with Crippen molar-refractivity contribution < 1.29 is 8.42 Å². The van der Waals surface area contributed by atoms with Gasteiger partial charge in [-0.15, -0.1) is 0 Å². The molecule has 1 heterocycles. The molecule has 0 aromatic carbocycles. The highest BCUT2D eigenvalue weighted by Crippen LogP contribution is 2.30. The lowest BCUT2D eigenvalue weighted by molar-refractivity contribution is 0.170. The second-order valence-electron chi connectivity index (χ2n) is 5.65. The van der Waals surface area contributed by atoms with Crippen molar-refractivity contribution in [3.05, 3.63) is 0 Å². The molecule has 0 aromatic rings. The average molecular weight is 245 g/mol. The largest absolute Gasteiger partial charge is 0.299 e. The summed E-state index contributed by atoms with van der Waals surface area (Å²) in [7, 11) is -2.83. The Morgan fingerprint density at radius 3 is 2.19 bits per heavy atom. The Hall–Kier alpha value is -0.0900. The lowest BCUT2D eigenvalue weighted by Crippen LogP contribution is -2.37. The van der Waals surface area contributed by atoms with Gasteiger partial charge in [0.05, 0.1) is 5.25 Å². The molecule has 0 radical (unpaired) electrons. The summed E-state index contributed by atoms with van der Waals surface area (Å²) in [5.74, 6) is 0.865. The molecule has 16 heavy (non-hydrogen) atoms. The van der Waals surface area contributed by atoms with Crippen LogP contribution < -0.4 is 0 Å². The lowest BCUT2D eigenvalue weighted by atomic mass is 9.87. The Labute approximate surface area is 99.1 Å². The highest BCUT2D eigenvalue weighted by atomic mass is 32.2. The molecule has 2 aliphatic rings. The topological polar surface area (TPSA) is 37.4 Å². The summed E-state index contributed by atoms with van der Waals surface area (Å²) < 4.78 is 23.0. The van der Waals surface area contributed by atoms with Gasteiger partial charge in [0.2, 0.25) is 0 Å². The number of sulfone groups is 1. The van der Waals surface area contributed by atoms with Gasteiger partial charge in [-0.25, -0.2) is 8.42 Å². The number of hydrogen-bond donors (Lipinski definition) is 0. The molecular formula is C12H23NO2S. The maximum Gasteiger partial charge on any atom is 0.151 e. The van der Waals surface area contributed by atoms with Gasteiger partial charge in [-0.05, 0) is 44.6 Å². The molecule has 0 amide bonds. The first-order chi connectivity index (χ1) is 7.47. The minimum atomic E-state index is -2.83. The Morgan fingerprint density at radius 1 is 1.06 bits per heavy atom. The fourth-order valence-electron chi connectivity index (χ4n) is 3.04. The van der Waals surface area contributed by atoms with Gasteiger partial charge < -0.3 is 0 Å². The zero-order chi connectivity index (χ0) is 11.8. The summed E-state index contributed by atoms with van der Waals surface area (Å²) >= 11 is 0. The van der Waals surface area contributed by atoms with Crippen LogP contribution in [0, 0.1) is 5.92 Å². The van der Waals surface area contributed by atoms with Crippen molar-refractivity contribution in [1.29, 1.82) is 0 Å². The summed E-state index contributed by atoms with van der Waals surface area (Å²) in [6.07, 6.45) is 7.36. The van der Waals surface area contributed by atoms with Crippen LogP contribution in [0.15, 0.2) is 0 Å². The zero-order valence-electron chi connectivity index (χ0n) is 10.4. The van der Waals surface area contributed by atoms with E-state index in [4.69, 9.17) is 0 Å². The Kier molecular flexibility index (Phi) is 3.59. The van der Waals surface area contributed by atoms with E-state index in [2.05, 4.69) is 11.8 Å². The lowest BCUT2D eigenvalue weighted by Gasteiger charge is -2.33. The third-order valence-electron chi connectivity index (χ3n) is 4.28. The summed E-state index contributed by atoms with van der Waals surface area (Å²) in [6, 6.07) is 0.656. The summed E-state index contributed by atoms with van der Waals surface area (Å²) in [4.78, 5) is 2.41. The van der Waals surface area contributed by atoms with Crippen LogP contribution in [-0.2, 0) is 9.84 Å². The molecule has 2 rings (SSSR count). The van der Waals surface area contributed by atoms with Gasteiger partial charge >= 0.3 is 0 Å². The van der Waals surface area contributed by atoms with Crippen molar-refractivity contribution in [3.8, 4) is 0 Å². The fraction of sp³-hybridized carbons (Fsp3) is 1.00. The monoisotopic (exact) mass is 245 g/mol. The van der Waals surface area contributed by atoms with Crippen molar-refractivity contribution in [3.63, 3.8) is 0 Å². The summed E-state index contributed by atoms with van der Waals surface area (Å²) in [5.41, 5.74) is 0. The van der Waals surface area contributed by atoms with E-state index in [-0.39, 0.29) is 5.25 Å². The first-order valence-electron chi connectivity index (χ1n) is 6.39. The van der Waals surface area contributed by atoms with Crippen LogP contribution in [0.2, 0.25) is 0 Å². The Morgan fingerprint density at radius 2 is 1.69 bits per heavy atom. The third kappa shape index (κ3) is 2.77. The smallest absolute Gasteiger partial charge is 0.151 e. The van der Waals surface area contributed by atoms with E-state index in [1.165, 1.54) is 31.9 Å². The molecule has 1 atom stereocenters. The van der Waals surface area contributed by atoms with E-state index in [0.717, 1.165) is 25.4 Å². The van der Waals surface area contributed by atoms with Crippen LogP contribution in [0.1, 0.15) is 39.0 Å². The second-order valence-corrected chi connectivity index (χ2v) is 7.97. The molecule has 1 unspecified atom stereocenters. The summed E-state index contributed by atoms with van der Waals surface area (Å²) in [5, 5.41) is -0.105. The quantitative estimate of drug-likeness (QED) is 0.743. The van der Waals surface area contributed by atoms with Crippen LogP contribution in [0.3, 0.4) is 0 Å². The van der Waals surface area contributed by atoms with Crippen molar-refractivity contribution in [2.24, 2.45) is 5.92 Å². The van der Waals surface area contributed by atoms with E-state index in [1.807, 2.05) is 0 Å². The molecule has 1 aliphatic carbocycles. The minimum absolute atomic E-state index is 0.105. The standard InChI is InChI=1S/C12H23NO2S/c1-10-3-5-11(6-4-10)13-8-7-12(9-13)16(2,14)15/h10-12H,3-9H2,1-2H3. The predicted molar refractivity (Wildman–Crippen MR) is 66.2 cm³/mol. The van der Waals surface area contributed by atoms with E-state index >= 15 is 0 Å². The predicted octanol–water partition coefficient (Wildman–Crippen LogP) is 1.68. The van der Waals surface area contributed by atoms with Crippen LogP contribution >= 0.6 is 0 Å². The molecule has 94 valence electrons. The highest BCUT2D eigenvalue weighted by molar-refractivity contribution is 7.91. The maximum absolute atomic E-state index is 11.5. The van der Waals surface area contributed by atoms with Crippen LogP contribution in [-0.4, -0.2) is 44.0 Å². The van der Waals surface area contributed by atoms with Gasteiger partial charge in [-0.1, -0.05) is 6.92 Å². The Balaban J connectivity index is 1.89. The Bertz CT molecular complexity index is 331. The van der Waals surface area contributed by atoms with Gasteiger partial charge in [0, 0.05) is 18.8 Å². The molecule has 1 saturated heterocycles. The minimum Gasteiger partial charge on any atom is -0.299 e. The van der Waals surface area contributed by atoms with Crippen molar-refractivity contribution >= 4 is 9.84 Å². The summed E-state index contributed by atoms with van der Waals surface area (Å²) in [6.45, 7) is 4.08. The van der Waals surface area contributed by atoms with Crippen LogP contribution in [0.25, 0.3) is 0 Å². The number of likely N-dealkylation sites (tertiary alicyclic amines) is 1. The second kappa shape index (κ2) is 4.65. The molecule has 2 fully saturated rings. The molecule has 1 saturated carbocycles. The van der Waals surface area contributed by atoms with Gasteiger partial charge in [-0.2, -0.15) is 0 Å². The zero-order valence-corrected chi connectivity index (χ0v) is 11.2. The normalized spacial score (nSPS) is 37.8. The van der Waals surface area contributed by atoms with Crippen molar-refractivity contribution in [2.75, 3.05) is 19.3 Å². The number of nitrogens with zero attached hydrogens (tertiary/aromatic N) is 1. The van der Waals surface area contributed by atoms with Gasteiger partial charge in [0.25, 0.3) is 0 Å². The molecule has 3 nitrogen and oxygen atoms in total. The van der Waals surface area contributed by atoms with Gasteiger partial charge in [0.1, 0.15) is 0 Å². The van der Waals surface area contributed by atoms with Crippen molar-refractivity contribution in [1.82, 2.24) is 4.90 Å². The van der Waals surface area contributed by atoms with Crippen molar-refractivity contribution in [2.45, 2.75) is 50.3 Å². The first kappa shape index (κ1) is 12.4.